The minimum atomic E-state index is -1.21. The van der Waals surface area contributed by atoms with Crippen molar-refractivity contribution < 1.29 is 19.9 Å². The van der Waals surface area contributed by atoms with E-state index in [1.165, 1.54) is 5.56 Å². The van der Waals surface area contributed by atoms with Crippen LogP contribution in [0.2, 0.25) is 0 Å². The van der Waals surface area contributed by atoms with Crippen molar-refractivity contribution in [2.75, 3.05) is 5.88 Å². The highest BCUT2D eigenvalue weighted by atomic mass is 35.5. The molecule has 0 saturated heterocycles. The van der Waals surface area contributed by atoms with Crippen LogP contribution in [0.25, 0.3) is 0 Å². The van der Waals surface area contributed by atoms with Gasteiger partial charge >= 0.3 is 11.4 Å². The number of non-ortho nitro benzene ring substituents is 1. The second-order valence-corrected chi connectivity index (χ2v) is 5.13. The Kier molecular flexibility index (Phi) is 7.83. The maximum absolute atomic E-state index is 10.4. The van der Waals surface area contributed by atoms with Gasteiger partial charge in [0, 0.05) is 18.3 Å². The van der Waals surface area contributed by atoms with E-state index in [2.05, 4.69) is 4.98 Å². The second kappa shape index (κ2) is 9.84. The van der Waals surface area contributed by atoms with Crippen molar-refractivity contribution in [2.45, 2.75) is 12.8 Å². The summed E-state index contributed by atoms with van der Waals surface area (Å²) in [6.07, 6.45) is 5.73. The van der Waals surface area contributed by atoms with Gasteiger partial charge in [0.15, 0.2) is 0 Å². The molecular weight excluding hydrogens is 372 g/mol. The van der Waals surface area contributed by atoms with E-state index in [1.54, 1.807) is 0 Å². The average molecular weight is 385 g/mol. The van der Waals surface area contributed by atoms with Gasteiger partial charge < -0.3 is 5.11 Å². The number of rotatable bonds is 6. The van der Waals surface area contributed by atoms with E-state index < -0.39 is 37.6 Å². The maximum Gasteiger partial charge on any atom is 0.324 e. The molecule has 2 aromatic rings. The van der Waals surface area contributed by atoms with E-state index >= 15 is 0 Å². The lowest BCUT2D eigenvalue weighted by Crippen LogP contribution is -1.97. The van der Waals surface area contributed by atoms with E-state index in [9.17, 15) is 30.3 Å². The van der Waals surface area contributed by atoms with Crippen molar-refractivity contribution in [2.24, 2.45) is 0 Å². The number of nitrogens with zero attached hydrogens (tertiary/aromatic N) is 4. The predicted molar refractivity (Wildman–Crippen MR) is 91.3 cm³/mol. The summed E-state index contributed by atoms with van der Waals surface area (Å²) in [5.74, 6) is -0.469. The Hall–Kier alpha value is -3.34. The molecule has 0 aliphatic rings. The average Bonchev–Trinajstić information content (AvgIpc) is 2.60. The van der Waals surface area contributed by atoms with Crippen LogP contribution in [0.1, 0.15) is 12.0 Å². The van der Waals surface area contributed by atoms with Crippen LogP contribution in [0.5, 0.6) is 5.75 Å². The zero-order chi connectivity index (χ0) is 19.7. The van der Waals surface area contributed by atoms with E-state index in [0.29, 0.717) is 12.1 Å². The number of pyridine rings is 1. The van der Waals surface area contributed by atoms with Crippen LogP contribution in [0.3, 0.4) is 0 Å². The molecule has 0 aliphatic heterocycles. The van der Waals surface area contributed by atoms with Gasteiger partial charge in [-0.25, -0.2) is 0 Å². The largest absolute Gasteiger partial charge is 0.497 e. The summed E-state index contributed by atoms with van der Waals surface area (Å²) in [6.45, 7) is 0. The Labute approximate surface area is 151 Å². The van der Waals surface area contributed by atoms with Gasteiger partial charge in [-0.2, -0.15) is 0 Å². The van der Waals surface area contributed by atoms with Crippen LogP contribution >= 0.6 is 11.6 Å². The van der Waals surface area contributed by atoms with Crippen LogP contribution < -0.4 is 0 Å². The fraction of sp³-hybridized carbons (Fsp3) is 0.214. The number of nitro benzene ring substituents is 3. The number of aryl methyl sites for hydroxylation is 1. The molecule has 138 valence electrons. The molecule has 1 aromatic heterocycles. The summed E-state index contributed by atoms with van der Waals surface area (Å²) in [5.41, 5.74) is -1.69. The lowest BCUT2D eigenvalue weighted by Gasteiger charge is -1.97. The Morgan fingerprint density at radius 1 is 0.962 bits per heavy atom. The van der Waals surface area contributed by atoms with Crippen molar-refractivity contribution in [1.29, 1.82) is 0 Å². The highest BCUT2D eigenvalue weighted by Gasteiger charge is 2.30. The zero-order valence-electron chi connectivity index (χ0n) is 13.1. The second-order valence-electron chi connectivity index (χ2n) is 4.75. The molecule has 0 saturated carbocycles. The lowest BCUT2D eigenvalue weighted by molar-refractivity contribution is -0.404. The molecule has 1 aromatic carbocycles. The van der Waals surface area contributed by atoms with Gasteiger partial charge in [0.25, 0.3) is 11.4 Å². The van der Waals surface area contributed by atoms with E-state index in [4.69, 9.17) is 16.7 Å². The van der Waals surface area contributed by atoms with E-state index in [1.807, 2.05) is 24.5 Å². The van der Waals surface area contributed by atoms with Gasteiger partial charge in [-0.1, -0.05) is 0 Å². The normalized spacial score (nSPS) is 9.73. The quantitative estimate of drug-likeness (QED) is 0.450. The van der Waals surface area contributed by atoms with Crippen LogP contribution in [-0.4, -0.2) is 30.7 Å². The molecule has 0 aliphatic carbocycles. The van der Waals surface area contributed by atoms with Crippen molar-refractivity contribution in [3.63, 3.8) is 0 Å². The Morgan fingerprint density at radius 2 is 1.46 bits per heavy atom. The molecule has 0 bridgehead atoms. The van der Waals surface area contributed by atoms with Gasteiger partial charge in [0.1, 0.15) is 0 Å². The molecule has 2 rings (SSSR count). The van der Waals surface area contributed by atoms with Gasteiger partial charge in [0.2, 0.25) is 0 Å². The molecule has 0 fully saturated rings. The number of hydrogen-bond acceptors (Lipinski definition) is 8. The lowest BCUT2D eigenvalue weighted by atomic mass is 10.2. The number of benzene rings is 1. The Bertz CT molecular complexity index is 766. The third kappa shape index (κ3) is 5.94. The van der Waals surface area contributed by atoms with E-state index in [0.717, 1.165) is 18.7 Å². The smallest absolute Gasteiger partial charge is 0.324 e. The first-order valence-corrected chi connectivity index (χ1v) is 7.56. The molecule has 11 nitrogen and oxygen atoms in total. The first kappa shape index (κ1) is 20.7. The first-order valence-electron chi connectivity index (χ1n) is 7.03. The number of aromatic nitrogens is 1. The number of nitro groups is 3. The Morgan fingerprint density at radius 3 is 1.85 bits per heavy atom. The van der Waals surface area contributed by atoms with Gasteiger partial charge in [-0.15, -0.1) is 11.6 Å². The molecule has 0 atom stereocenters. The highest BCUT2D eigenvalue weighted by Crippen LogP contribution is 2.38. The van der Waals surface area contributed by atoms with Gasteiger partial charge in [-0.3, -0.25) is 35.3 Å². The molecule has 1 heterocycles. The number of hydrogen-bond donors (Lipinski definition) is 1. The molecule has 0 amide bonds. The van der Waals surface area contributed by atoms with Crippen LogP contribution in [0, 0.1) is 30.3 Å². The molecule has 0 unspecified atom stereocenters. The Balaban J connectivity index is 0.000000289. The third-order valence-electron chi connectivity index (χ3n) is 3.01. The fourth-order valence-electron chi connectivity index (χ4n) is 1.79. The summed E-state index contributed by atoms with van der Waals surface area (Å²) in [6, 6.07) is 4.93. The van der Waals surface area contributed by atoms with Gasteiger partial charge in [0.05, 0.1) is 26.9 Å². The number of aromatic hydroxyl groups is 1. The van der Waals surface area contributed by atoms with Crippen molar-refractivity contribution in [3.8, 4) is 5.75 Å². The number of halogens is 1. The monoisotopic (exact) mass is 384 g/mol. The molecule has 26 heavy (non-hydrogen) atoms. The zero-order valence-corrected chi connectivity index (χ0v) is 13.9. The van der Waals surface area contributed by atoms with Crippen molar-refractivity contribution in [1.82, 2.24) is 4.98 Å². The number of phenolic OH excluding ortho intramolecular Hbond substituents is 1. The summed E-state index contributed by atoms with van der Waals surface area (Å²) in [4.78, 5) is 31.7. The topological polar surface area (TPSA) is 163 Å². The van der Waals surface area contributed by atoms with Gasteiger partial charge in [-0.05, 0) is 30.5 Å². The van der Waals surface area contributed by atoms with E-state index in [-0.39, 0.29) is 0 Å². The first-order chi connectivity index (χ1) is 12.3. The molecular formula is C14H13ClN4O7. The summed E-state index contributed by atoms with van der Waals surface area (Å²) in [5, 5.41) is 40.2. The van der Waals surface area contributed by atoms with Crippen LogP contribution in [0.4, 0.5) is 17.1 Å². The highest BCUT2D eigenvalue weighted by molar-refractivity contribution is 6.17. The van der Waals surface area contributed by atoms with Crippen molar-refractivity contribution in [3.05, 3.63) is 72.6 Å². The molecule has 0 radical (unpaired) electrons. The minimum Gasteiger partial charge on any atom is -0.497 e. The third-order valence-corrected chi connectivity index (χ3v) is 3.27. The molecule has 12 heteroatoms. The summed E-state index contributed by atoms with van der Waals surface area (Å²) < 4.78 is 0. The summed E-state index contributed by atoms with van der Waals surface area (Å²) >= 11 is 5.54. The number of alkyl halides is 1. The molecule has 1 N–H and O–H groups in total. The summed E-state index contributed by atoms with van der Waals surface area (Å²) in [7, 11) is 0. The minimum absolute atomic E-state index is 0.447. The van der Waals surface area contributed by atoms with Crippen molar-refractivity contribution >= 4 is 28.7 Å². The standard InChI is InChI=1S/C8H10ClN.C6H3N3O7/c9-5-1-2-8-3-6-10-7-4-8;10-6-4(8(13)14)1-3(7(11)12)2-5(6)9(15)16/h3-4,6-7H,1-2,5H2;1-2,10H. The SMILES string of the molecule is ClCCCc1ccncc1.O=[N+]([O-])c1cc([N+](=O)[O-])c(O)c([N+](=O)[O-])c1. The number of phenols is 1. The fourth-order valence-corrected chi connectivity index (χ4v) is 1.93. The van der Waals surface area contributed by atoms with Crippen LogP contribution in [-0.2, 0) is 6.42 Å². The predicted octanol–water partition coefficient (Wildman–Crippen LogP) is 3.37. The maximum atomic E-state index is 10.4. The molecule has 0 spiro atoms. The van der Waals surface area contributed by atoms with Crippen LogP contribution in [0.15, 0.2) is 36.7 Å².